The van der Waals surface area contributed by atoms with Crippen molar-refractivity contribution in [2.45, 2.75) is 45.0 Å². The van der Waals surface area contributed by atoms with E-state index >= 15 is 0 Å². The first-order valence-corrected chi connectivity index (χ1v) is 9.75. The van der Waals surface area contributed by atoms with Crippen LogP contribution in [0.25, 0.3) is 0 Å². The molecule has 5 nitrogen and oxygen atoms in total. The van der Waals surface area contributed by atoms with Crippen molar-refractivity contribution in [2.75, 3.05) is 11.1 Å². The minimum Gasteiger partial charge on any atom is -0.353 e. The molecule has 1 aromatic carbocycles. The number of aryl methyl sites for hydroxylation is 2. The number of carbonyl (C=O) groups excluding carboxylic acids is 1. The Bertz CT molecular complexity index is 700. The van der Waals surface area contributed by atoms with Crippen molar-refractivity contribution in [3.8, 4) is 0 Å². The maximum atomic E-state index is 11.9. The van der Waals surface area contributed by atoms with E-state index in [4.69, 9.17) is 0 Å². The lowest BCUT2D eigenvalue weighted by molar-refractivity contribution is -0.119. The zero-order valence-electron chi connectivity index (χ0n) is 14.7. The average molecular weight is 365 g/mol. The summed E-state index contributed by atoms with van der Waals surface area (Å²) < 4.78 is 0.787. The van der Waals surface area contributed by atoms with Crippen LogP contribution < -0.4 is 10.6 Å². The van der Waals surface area contributed by atoms with Gasteiger partial charge < -0.3 is 10.6 Å². The van der Waals surface area contributed by atoms with E-state index in [1.807, 2.05) is 13.0 Å². The molecule has 2 aromatic rings. The quantitative estimate of drug-likeness (QED) is 0.723. The molecule has 130 valence electrons. The second-order valence-electron chi connectivity index (χ2n) is 6.21. The lowest BCUT2D eigenvalue weighted by atomic mass is 10.1. The number of rotatable bonds is 7. The second kappa shape index (κ2) is 8.48. The Balaban J connectivity index is 1.88. The first-order valence-electron chi connectivity index (χ1n) is 7.95. The molecule has 1 heterocycles. The Labute approximate surface area is 151 Å². The van der Waals surface area contributed by atoms with Crippen molar-refractivity contribution in [3.63, 3.8) is 0 Å². The van der Waals surface area contributed by atoms with Gasteiger partial charge in [-0.25, -0.2) is 0 Å². The van der Waals surface area contributed by atoms with Crippen LogP contribution in [0.15, 0.2) is 22.5 Å². The molecule has 0 aliphatic rings. The first kappa shape index (κ1) is 18.7. The standard InChI is InChI=1S/C17H24N4OS2/c1-10(2)13(5)18-15(22)9-23-17-21-20-16(24-17)19-14-7-6-11(3)8-12(14)4/h6-8,10,13H,9H2,1-5H3,(H,18,22)(H,19,20)/t13-/m1/s1. The van der Waals surface area contributed by atoms with E-state index in [1.165, 1.54) is 34.2 Å². The highest BCUT2D eigenvalue weighted by atomic mass is 32.2. The summed E-state index contributed by atoms with van der Waals surface area (Å²) in [5.41, 5.74) is 3.42. The van der Waals surface area contributed by atoms with Crippen molar-refractivity contribution < 1.29 is 4.79 Å². The largest absolute Gasteiger partial charge is 0.353 e. The van der Waals surface area contributed by atoms with E-state index in [1.54, 1.807) is 0 Å². The molecule has 0 radical (unpaired) electrons. The zero-order valence-corrected chi connectivity index (χ0v) is 16.3. The molecule has 0 saturated heterocycles. The number of nitrogens with one attached hydrogen (secondary N) is 2. The summed E-state index contributed by atoms with van der Waals surface area (Å²) in [5, 5.41) is 15.3. The van der Waals surface area contributed by atoms with Gasteiger partial charge in [-0.05, 0) is 38.3 Å². The molecule has 0 spiro atoms. The van der Waals surface area contributed by atoms with Crippen molar-refractivity contribution in [1.82, 2.24) is 15.5 Å². The third-order valence-corrected chi connectivity index (χ3v) is 5.72. The fourth-order valence-electron chi connectivity index (χ4n) is 1.98. The molecular formula is C17H24N4OS2. The van der Waals surface area contributed by atoms with Gasteiger partial charge in [0.2, 0.25) is 11.0 Å². The van der Waals surface area contributed by atoms with Crippen LogP contribution in [0.4, 0.5) is 10.8 Å². The van der Waals surface area contributed by atoms with Gasteiger partial charge in [-0.3, -0.25) is 4.79 Å². The second-order valence-corrected chi connectivity index (χ2v) is 8.41. The van der Waals surface area contributed by atoms with Gasteiger partial charge >= 0.3 is 0 Å². The normalized spacial score (nSPS) is 12.2. The van der Waals surface area contributed by atoms with Crippen molar-refractivity contribution >= 4 is 39.8 Å². The lowest BCUT2D eigenvalue weighted by Crippen LogP contribution is -2.37. The number of benzene rings is 1. The van der Waals surface area contributed by atoms with E-state index in [0.717, 1.165) is 15.2 Å². The van der Waals surface area contributed by atoms with Gasteiger partial charge in [-0.2, -0.15) is 0 Å². The third kappa shape index (κ3) is 5.49. The number of hydrogen-bond acceptors (Lipinski definition) is 6. The van der Waals surface area contributed by atoms with E-state index in [2.05, 4.69) is 60.7 Å². The molecule has 1 amide bonds. The van der Waals surface area contributed by atoms with Crippen LogP contribution in [0, 0.1) is 19.8 Å². The van der Waals surface area contributed by atoms with Crippen LogP contribution >= 0.6 is 23.1 Å². The summed E-state index contributed by atoms with van der Waals surface area (Å²) >= 11 is 2.87. The number of aromatic nitrogens is 2. The number of anilines is 2. The van der Waals surface area contributed by atoms with Gasteiger partial charge in [-0.15, -0.1) is 10.2 Å². The predicted molar refractivity (Wildman–Crippen MR) is 102 cm³/mol. The van der Waals surface area contributed by atoms with Crippen LogP contribution in [0.3, 0.4) is 0 Å². The zero-order chi connectivity index (χ0) is 17.7. The minimum atomic E-state index is 0.0280. The first-order chi connectivity index (χ1) is 11.3. The molecule has 0 aliphatic carbocycles. The molecule has 1 atom stereocenters. The maximum Gasteiger partial charge on any atom is 0.230 e. The molecule has 7 heteroatoms. The predicted octanol–water partition coefficient (Wildman–Crippen LogP) is 4.15. The number of amides is 1. The van der Waals surface area contributed by atoms with E-state index in [9.17, 15) is 4.79 Å². The molecule has 0 aliphatic heterocycles. The Morgan fingerprint density at radius 2 is 2.00 bits per heavy atom. The third-order valence-electron chi connectivity index (χ3n) is 3.75. The summed E-state index contributed by atoms with van der Waals surface area (Å²) in [4.78, 5) is 11.9. The maximum absolute atomic E-state index is 11.9. The molecule has 1 aromatic heterocycles. The highest BCUT2D eigenvalue weighted by molar-refractivity contribution is 8.01. The van der Waals surface area contributed by atoms with Gasteiger partial charge in [-0.1, -0.05) is 54.6 Å². The lowest BCUT2D eigenvalue weighted by Gasteiger charge is -2.16. The topological polar surface area (TPSA) is 66.9 Å². The smallest absolute Gasteiger partial charge is 0.230 e. The Morgan fingerprint density at radius 3 is 2.67 bits per heavy atom. The van der Waals surface area contributed by atoms with Crippen LogP contribution in [-0.2, 0) is 4.79 Å². The van der Waals surface area contributed by atoms with Gasteiger partial charge in [0.15, 0.2) is 4.34 Å². The van der Waals surface area contributed by atoms with Gasteiger partial charge in [0, 0.05) is 11.7 Å². The Kier molecular flexibility index (Phi) is 6.62. The van der Waals surface area contributed by atoms with Gasteiger partial charge in [0.25, 0.3) is 0 Å². The van der Waals surface area contributed by atoms with Crippen LogP contribution in [0.2, 0.25) is 0 Å². The Morgan fingerprint density at radius 1 is 1.25 bits per heavy atom. The summed E-state index contributed by atoms with van der Waals surface area (Å²) in [7, 11) is 0. The van der Waals surface area contributed by atoms with Gasteiger partial charge in [0.1, 0.15) is 0 Å². The highest BCUT2D eigenvalue weighted by Gasteiger charge is 2.13. The number of carbonyl (C=O) groups is 1. The molecule has 24 heavy (non-hydrogen) atoms. The molecule has 0 bridgehead atoms. The van der Waals surface area contributed by atoms with Crippen LogP contribution in [0.1, 0.15) is 31.9 Å². The molecule has 0 fully saturated rings. The van der Waals surface area contributed by atoms with Crippen molar-refractivity contribution in [2.24, 2.45) is 5.92 Å². The molecule has 2 N–H and O–H groups in total. The number of hydrogen-bond donors (Lipinski definition) is 2. The van der Waals surface area contributed by atoms with E-state index in [-0.39, 0.29) is 11.9 Å². The van der Waals surface area contributed by atoms with E-state index in [0.29, 0.717) is 11.7 Å². The fraction of sp³-hybridized carbons (Fsp3) is 0.471. The molecule has 0 unspecified atom stereocenters. The monoisotopic (exact) mass is 364 g/mol. The fourth-order valence-corrected chi connectivity index (χ4v) is 3.55. The summed E-state index contributed by atoms with van der Waals surface area (Å²) in [6.45, 7) is 10.3. The minimum absolute atomic E-state index is 0.0280. The van der Waals surface area contributed by atoms with Crippen LogP contribution in [0.5, 0.6) is 0 Å². The summed E-state index contributed by atoms with van der Waals surface area (Å²) in [5.74, 6) is 0.809. The van der Waals surface area contributed by atoms with Gasteiger partial charge in [0.05, 0.1) is 5.75 Å². The number of thioether (sulfide) groups is 1. The SMILES string of the molecule is Cc1ccc(Nc2nnc(SCC(=O)N[C@H](C)C(C)C)s2)c(C)c1. The van der Waals surface area contributed by atoms with Crippen molar-refractivity contribution in [3.05, 3.63) is 29.3 Å². The average Bonchev–Trinajstić information content (AvgIpc) is 2.95. The van der Waals surface area contributed by atoms with Crippen molar-refractivity contribution in [1.29, 1.82) is 0 Å². The Hall–Kier alpha value is -1.60. The highest BCUT2D eigenvalue weighted by Crippen LogP contribution is 2.28. The molecule has 0 saturated carbocycles. The van der Waals surface area contributed by atoms with Crippen LogP contribution in [-0.4, -0.2) is 27.9 Å². The summed E-state index contributed by atoms with van der Waals surface area (Å²) in [6.07, 6.45) is 0. The molecule has 2 rings (SSSR count). The summed E-state index contributed by atoms with van der Waals surface area (Å²) in [6, 6.07) is 6.40. The molecular weight excluding hydrogens is 340 g/mol. The van der Waals surface area contributed by atoms with E-state index < -0.39 is 0 Å². The number of nitrogens with zero attached hydrogens (tertiary/aromatic N) is 2.